The van der Waals surface area contributed by atoms with Gasteiger partial charge in [-0.1, -0.05) is 34.1 Å². The Labute approximate surface area is 92.4 Å². The zero-order valence-corrected chi connectivity index (χ0v) is 9.71. The van der Waals surface area contributed by atoms with Gasteiger partial charge < -0.3 is 4.74 Å². The molecule has 0 fully saturated rings. The van der Waals surface area contributed by atoms with Crippen molar-refractivity contribution >= 4 is 21.9 Å². The lowest BCUT2D eigenvalue weighted by molar-refractivity contribution is 0.0599. The Morgan fingerprint density at radius 1 is 1.43 bits per heavy atom. The van der Waals surface area contributed by atoms with Gasteiger partial charge in [-0.25, -0.2) is 4.79 Å². The van der Waals surface area contributed by atoms with Crippen molar-refractivity contribution in [3.63, 3.8) is 0 Å². The number of methoxy groups -OCH3 is 1. The molecule has 0 unspecified atom stereocenters. The van der Waals surface area contributed by atoms with E-state index in [-0.39, 0.29) is 5.97 Å². The number of alkyl halides is 1. The quantitative estimate of drug-likeness (QED) is 0.612. The predicted molar refractivity (Wildman–Crippen MR) is 59.9 cm³/mol. The van der Waals surface area contributed by atoms with Crippen LogP contribution in [-0.2, 0) is 11.2 Å². The van der Waals surface area contributed by atoms with Crippen LogP contribution in [0.5, 0.6) is 0 Å². The molecule has 0 aliphatic heterocycles. The summed E-state index contributed by atoms with van der Waals surface area (Å²) < 4.78 is 4.71. The van der Waals surface area contributed by atoms with E-state index >= 15 is 0 Å². The van der Waals surface area contributed by atoms with Gasteiger partial charge in [0.15, 0.2) is 0 Å². The number of hydrogen-bond donors (Lipinski definition) is 0. The highest BCUT2D eigenvalue weighted by Gasteiger charge is 2.09. The summed E-state index contributed by atoms with van der Waals surface area (Å²) in [4.78, 5) is 11.4. The van der Waals surface area contributed by atoms with Crippen LogP contribution in [0.1, 0.15) is 22.3 Å². The van der Waals surface area contributed by atoms with Crippen molar-refractivity contribution in [2.75, 3.05) is 12.4 Å². The number of esters is 1. The maximum atomic E-state index is 11.4. The van der Waals surface area contributed by atoms with Gasteiger partial charge in [0.05, 0.1) is 12.7 Å². The summed E-state index contributed by atoms with van der Waals surface area (Å²) in [6.45, 7) is 0. The van der Waals surface area contributed by atoms with Crippen molar-refractivity contribution in [1.82, 2.24) is 0 Å². The highest BCUT2D eigenvalue weighted by Crippen LogP contribution is 2.12. The SMILES string of the molecule is COC(=O)c1ccccc1CCCBr. The number of benzene rings is 1. The summed E-state index contributed by atoms with van der Waals surface area (Å²) in [6, 6.07) is 7.56. The lowest BCUT2D eigenvalue weighted by Crippen LogP contribution is -2.05. The van der Waals surface area contributed by atoms with E-state index in [0.717, 1.165) is 23.7 Å². The third-order valence-corrected chi connectivity index (χ3v) is 2.56. The molecular formula is C11H13BrO2. The predicted octanol–water partition coefficient (Wildman–Crippen LogP) is 2.80. The highest BCUT2D eigenvalue weighted by molar-refractivity contribution is 9.09. The number of rotatable bonds is 4. The Morgan fingerprint density at radius 3 is 2.79 bits per heavy atom. The second-order valence-corrected chi connectivity index (χ2v) is 3.73. The van der Waals surface area contributed by atoms with Gasteiger partial charge >= 0.3 is 5.97 Å². The number of halogens is 1. The minimum atomic E-state index is -0.254. The molecule has 14 heavy (non-hydrogen) atoms. The molecule has 3 heteroatoms. The number of carbonyl (C=O) groups excluding carboxylic acids is 1. The first kappa shape index (κ1) is 11.2. The van der Waals surface area contributed by atoms with Gasteiger partial charge in [-0.15, -0.1) is 0 Å². The molecule has 0 atom stereocenters. The van der Waals surface area contributed by atoms with Gasteiger partial charge in [0.25, 0.3) is 0 Å². The Morgan fingerprint density at radius 2 is 2.14 bits per heavy atom. The molecule has 1 rings (SSSR count). The molecule has 0 radical (unpaired) electrons. The zero-order valence-electron chi connectivity index (χ0n) is 8.13. The molecule has 0 bridgehead atoms. The molecule has 0 N–H and O–H groups in total. The van der Waals surface area contributed by atoms with E-state index in [9.17, 15) is 4.79 Å². The highest BCUT2D eigenvalue weighted by atomic mass is 79.9. The van der Waals surface area contributed by atoms with Crippen LogP contribution in [-0.4, -0.2) is 18.4 Å². The van der Waals surface area contributed by atoms with Gasteiger partial charge in [0.1, 0.15) is 0 Å². The number of hydrogen-bond acceptors (Lipinski definition) is 2. The Bertz CT molecular complexity index is 310. The minimum Gasteiger partial charge on any atom is -0.465 e. The topological polar surface area (TPSA) is 26.3 Å². The van der Waals surface area contributed by atoms with Crippen LogP contribution in [0, 0.1) is 0 Å². The molecule has 0 saturated carbocycles. The van der Waals surface area contributed by atoms with E-state index in [4.69, 9.17) is 4.74 Å². The van der Waals surface area contributed by atoms with Crippen LogP contribution in [0.3, 0.4) is 0 Å². The molecule has 0 heterocycles. The lowest BCUT2D eigenvalue weighted by Gasteiger charge is -2.06. The molecular weight excluding hydrogens is 244 g/mol. The minimum absolute atomic E-state index is 0.254. The average Bonchev–Trinajstić information content (AvgIpc) is 2.25. The van der Waals surface area contributed by atoms with Gasteiger partial charge in [0.2, 0.25) is 0 Å². The van der Waals surface area contributed by atoms with Crippen molar-refractivity contribution in [3.8, 4) is 0 Å². The second kappa shape index (κ2) is 5.81. The molecule has 1 aromatic carbocycles. The molecule has 0 amide bonds. The van der Waals surface area contributed by atoms with Gasteiger partial charge in [-0.3, -0.25) is 0 Å². The van der Waals surface area contributed by atoms with Crippen molar-refractivity contribution < 1.29 is 9.53 Å². The van der Waals surface area contributed by atoms with Crippen LogP contribution in [0.4, 0.5) is 0 Å². The molecule has 0 spiro atoms. The first-order valence-electron chi connectivity index (χ1n) is 4.51. The number of ether oxygens (including phenoxy) is 1. The fourth-order valence-corrected chi connectivity index (χ4v) is 1.59. The maximum absolute atomic E-state index is 11.4. The van der Waals surface area contributed by atoms with Crippen LogP contribution in [0.15, 0.2) is 24.3 Å². The summed E-state index contributed by atoms with van der Waals surface area (Å²) in [5.41, 5.74) is 1.73. The number of carbonyl (C=O) groups is 1. The van der Waals surface area contributed by atoms with Crippen molar-refractivity contribution in [2.45, 2.75) is 12.8 Å². The summed E-state index contributed by atoms with van der Waals surface area (Å²) in [5, 5.41) is 0.947. The van der Waals surface area contributed by atoms with Crippen molar-refractivity contribution in [3.05, 3.63) is 35.4 Å². The maximum Gasteiger partial charge on any atom is 0.338 e. The fraction of sp³-hybridized carbons (Fsp3) is 0.364. The summed E-state index contributed by atoms with van der Waals surface area (Å²) >= 11 is 3.37. The average molecular weight is 257 g/mol. The molecule has 0 aromatic heterocycles. The summed E-state index contributed by atoms with van der Waals surface area (Å²) in [7, 11) is 1.41. The smallest absolute Gasteiger partial charge is 0.338 e. The lowest BCUT2D eigenvalue weighted by atomic mass is 10.0. The molecule has 0 aliphatic rings. The Balaban J connectivity index is 2.85. The molecule has 0 saturated heterocycles. The van der Waals surface area contributed by atoms with Gasteiger partial charge in [0, 0.05) is 5.33 Å². The molecule has 76 valence electrons. The van der Waals surface area contributed by atoms with E-state index < -0.39 is 0 Å². The first-order valence-corrected chi connectivity index (χ1v) is 5.64. The van der Waals surface area contributed by atoms with Crippen LogP contribution >= 0.6 is 15.9 Å². The third-order valence-electron chi connectivity index (χ3n) is 2.00. The molecule has 0 aliphatic carbocycles. The summed E-state index contributed by atoms with van der Waals surface area (Å²) in [5.74, 6) is -0.254. The molecule has 2 nitrogen and oxygen atoms in total. The monoisotopic (exact) mass is 256 g/mol. The van der Waals surface area contributed by atoms with Crippen molar-refractivity contribution in [1.29, 1.82) is 0 Å². The van der Waals surface area contributed by atoms with Crippen LogP contribution in [0.2, 0.25) is 0 Å². The van der Waals surface area contributed by atoms with E-state index in [1.807, 2.05) is 18.2 Å². The Hall–Kier alpha value is -0.830. The standard InChI is InChI=1S/C11H13BrO2/c1-14-11(13)10-7-3-2-5-9(10)6-4-8-12/h2-3,5,7H,4,6,8H2,1H3. The zero-order chi connectivity index (χ0) is 10.4. The third kappa shape index (κ3) is 2.84. The van der Waals surface area contributed by atoms with E-state index in [1.165, 1.54) is 7.11 Å². The van der Waals surface area contributed by atoms with Crippen LogP contribution < -0.4 is 0 Å². The second-order valence-electron chi connectivity index (χ2n) is 2.94. The number of aryl methyl sites for hydroxylation is 1. The van der Waals surface area contributed by atoms with E-state index in [2.05, 4.69) is 15.9 Å². The Kier molecular flexibility index (Phi) is 4.66. The van der Waals surface area contributed by atoms with Crippen LogP contribution in [0.25, 0.3) is 0 Å². The normalized spacial score (nSPS) is 9.86. The van der Waals surface area contributed by atoms with Gasteiger partial charge in [-0.05, 0) is 24.5 Å². The van der Waals surface area contributed by atoms with E-state index in [0.29, 0.717) is 5.56 Å². The fourth-order valence-electron chi connectivity index (χ4n) is 1.30. The largest absolute Gasteiger partial charge is 0.465 e. The van der Waals surface area contributed by atoms with E-state index in [1.54, 1.807) is 6.07 Å². The molecule has 1 aromatic rings. The first-order chi connectivity index (χ1) is 6.79. The van der Waals surface area contributed by atoms with Gasteiger partial charge in [-0.2, -0.15) is 0 Å². The summed E-state index contributed by atoms with van der Waals surface area (Å²) in [6.07, 6.45) is 1.92. The van der Waals surface area contributed by atoms with Crippen molar-refractivity contribution in [2.24, 2.45) is 0 Å².